The van der Waals surface area contributed by atoms with E-state index in [-0.39, 0.29) is 5.91 Å². The molecule has 0 bridgehead atoms. The molecule has 0 saturated heterocycles. The lowest BCUT2D eigenvalue weighted by atomic mass is 10.1. The number of nitrogen functional groups attached to an aromatic ring is 1. The number of benzene rings is 2. The smallest absolute Gasteiger partial charge is 0.415 e. The van der Waals surface area contributed by atoms with Crippen molar-refractivity contribution in [2.75, 3.05) is 23.1 Å². The molecule has 1 heterocycles. The predicted octanol–water partition coefficient (Wildman–Crippen LogP) is 3.75. The molecule has 0 aliphatic carbocycles. The van der Waals surface area contributed by atoms with Gasteiger partial charge in [0.05, 0.1) is 36.7 Å². The fraction of sp³-hybridized carbons (Fsp3) is 0.105. The maximum absolute atomic E-state index is 12.4. The van der Waals surface area contributed by atoms with Crippen molar-refractivity contribution in [3.63, 3.8) is 0 Å². The third-order valence-corrected chi connectivity index (χ3v) is 4.64. The fourth-order valence-corrected chi connectivity index (χ4v) is 3.05. The molecule has 0 fully saturated rings. The Balaban J connectivity index is 1.72. The number of para-hydroxylation sites is 2. The van der Waals surface area contributed by atoms with Crippen LogP contribution in [0.25, 0.3) is 0 Å². The van der Waals surface area contributed by atoms with Gasteiger partial charge < -0.3 is 15.8 Å². The van der Waals surface area contributed by atoms with Crippen molar-refractivity contribution in [2.24, 2.45) is 0 Å². The van der Waals surface area contributed by atoms with E-state index in [0.717, 1.165) is 5.56 Å². The Kier molecular flexibility index (Phi) is 5.68. The van der Waals surface area contributed by atoms with Crippen LogP contribution in [0.4, 0.5) is 21.2 Å². The minimum atomic E-state index is -0.472. The molecule has 0 aliphatic rings. The second-order valence-electron chi connectivity index (χ2n) is 5.63. The number of ether oxygens (including phenoxy) is 1. The molecule has 1 aromatic heterocycles. The van der Waals surface area contributed by atoms with Crippen LogP contribution in [0.3, 0.4) is 0 Å². The zero-order valence-electron chi connectivity index (χ0n) is 14.6. The lowest BCUT2D eigenvalue weighted by Gasteiger charge is -2.19. The Morgan fingerprint density at radius 1 is 1.19 bits per heavy atom. The van der Waals surface area contributed by atoms with Crippen LogP contribution < -0.4 is 16.0 Å². The molecule has 8 heteroatoms. The summed E-state index contributed by atoms with van der Waals surface area (Å²) in [6.07, 6.45) is 1.13. The van der Waals surface area contributed by atoms with Crippen LogP contribution in [0.2, 0.25) is 0 Å². The Morgan fingerprint density at radius 2 is 1.93 bits per heavy atom. The van der Waals surface area contributed by atoms with Gasteiger partial charge in [-0.15, -0.1) is 11.3 Å². The van der Waals surface area contributed by atoms with E-state index in [1.54, 1.807) is 60.2 Å². The molecule has 3 aromatic rings. The van der Waals surface area contributed by atoms with Crippen LogP contribution in [0.5, 0.6) is 0 Å². The molecule has 2 aromatic carbocycles. The molecule has 0 atom stereocenters. The first-order valence-electron chi connectivity index (χ1n) is 8.07. The molecular formula is C19H18N4O3S. The van der Waals surface area contributed by atoms with Gasteiger partial charge in [-0.2, -0.15) is 0 Å². The highest BCUT2D eigenvalue weighted by Gasteiger charge is 2.18. The van der Waals surface area contributed by atoms with E-state index in [4.69, 9.17) is 10.5 Å². The Labute approximate surface area is 160 Å². The number of nitrogens with zero attached hydrogens (tertiary/aromatic N) is 2. The molecule has 138 valence electrons. The molecule has 0 spiro atoms. The number of carbonyl (C=O) groups excluding carboxylic acids is 2. The number of carbonyl (C=O) groups is 2. The first-order chi connectivity index (χ1) is 13.1. The monoisotopic (exact) mass is 382 g/mol. The normalized spacial score (nSPS) is 10.3. The summed E-state index contributed by atoms with van der Waals surface area (Å²) in [7, 11) is 1.33. The van der Waals surface area contributed by atoms with Gasteiger partial charge in [0.1, 0.15) is 5.00 Å². The molecule has 0 unspecified atom stereocenters. The number of thiazole rings is 1. The minimum Gasteiger partial charge on any atom is -0.452 e. The molecule has 3 rings (SSSR count). The lowest BCUT2D eigenvalue weighted by molar-refractivity contribution is 0.102. The van der Waals surface area contributed by atoms with Gasteiger partial charge in [0.2, 0.25) is 0 Å². The second-order valence-corrected chi connectivity index (χ2v) is 6.50. The summed E-state index contributed by atoms with van der Waals surface area (Å²) < 4.78 is 4.84. The largest absolute Gasteiger partial charge is 0.452 e. The van der Waals surface area contributed by atoms with Gasteiger partial charge in [0, 0.05) is 5.56 Å². The lowest BCUT2D eigenvalue weighted by Crippen LogP contribution is -2.29. The number of hydrogen-bond acceptors (Lipinski definition) is 6. The average Bonchev–Trinajstić information content (AvgIpc) is 3.22. The van der Waals surface area contributed by atoms with Crippen molar-refractivity contribution >= 4 is 39.7 Å². The van der Waals surface area contributed by atoms with Gasteiger partial charge in [-0.05, 0) is 29.8 Å². The van der Waals surface area contributed by atoms with Crippen LogP contribution in [0.1, 0.15) is 15.9 Å². The van der Waals surface area contributed by atoms with Crippen LogP contribution in [-0.4, -0.2) is 24.1 Å². The number of nitrogens with one attached hydrogen (secondary N) is 1. The Morgan fingerprint density at radius 3 is 2.56 bits per heavy atom. The zero-order valence-corrected chi connectivity index (χ0v) is 15.4. The predicted molar refractivity (Wildman–Crippen MR) is 106 cm³/mol. The summed E-state index contributed by atoms with van der Waals surface area (Å²) in [5.41, 5.74) is 9.90. The molecule has 2 amide bonds. The van der Waals surface area contributed by atoms with Crippen molar-refractivity contribution in [3.05, 3.63) is 71.4 Å². The van der Waals surface area contributed by atoms with Crippen molar-refractivity contribution in [3.8, 4) is 0 Å². The van der Waals surface area contributed by atoms with E-state index in [9.17, 15) is 9.59 Å². The number of rotatable bonds is 5. The highest BCUT2D eigenvalue weighted by atomic mass is 32.1. The topological polar surface area (TPSA) is 97.5 Å². The highest BCUT2D eigenvalue weighted by molar-refractivity contribution is 7.14. The summed E-state index contributed by atoms with van der Waals surface area (Å²) in [6, 6.07) is 14.1. The van der Waals surface area contributed by atoms with Crippen LogP contribution >= 0.6 is 11.3 Å². The summed E-state index contributed by atoms with van der Waals surface area (Å²) >= 11 is 1.34. The molecule has 0 saturated carbocycles. The summed E-state index contributed by atoms with van der Waals surface area (Å²) in [4.78, 5) is 29.9. The fourth-order valence-electron chi connectivity index (χ4n) is 2.43. The maximum atomic E-state index is 12.4. The number of nitrogens with two attached hydrogens (primary N) is 1. The average molecular weight is 382 g/mol. The number of hydrogen-bond donors (Lipinski definition) is 2. The van der Waals surface area contributed by atoms with Crippen LogP contribution in [0.15, 0.2) is 60.2 Å². The number of anilines is 3. The van der Waals surface area contributed by atoms with Gasteiger partial charge in [-0.3, -0.25) is 14.7 Å². The van der Waals surface area contributed by atoms with Gasteiger partial charge >= 0.3 is 6.09 Å². The quantitative estimate of drug-likeness (QED) is 0.655. The van der Waals surface area contributed by atoms with Crippen molar-refractivity contribution in [1.29, 1.82) is 0 Å². The van der Waals surface area contributed by atoms with Crippen LogP contribution in [0, 0.1) is 0 Å². The van der Waals surface area contributed by atoms with E-state index in [0.29, 0.717) is 28.5 Å². The molecule has 0 aliphatic heterocycles. The van der Waals surface area contributed by atoms with E-state index in [1.165, 1.54) is 23.3 Å². The van der Waals surface area contributed by atoms with Crippen LogP contribution in [-0.2, 0) is 11.3 Å². The third-order valence-electron chi connectivity index (χ3n) is 3.85. The first-order valence-corrected chi connectivity index (χ1v) is 8.95. The van der Waals surface area contributed by atoms with E-state index in [2.05, 4.69) is 10.3 Å². The summed E-state index contributed by atoms with van der Waals surface area (Å²) in [6.45, 7) is 0.308. The molecule has 27 heavy (non-hydrogen) atoms. The Hall–Kier alpha value is -3.39. The zero-order chi connectivity index (χ0) is 19.2. The minimum absolute atomic E-state index is 0.258. The number of aromatic nitrogens is 1. The van der Waals surface area contributed by atoms with Crippen molar-refractivity contribution in [1.82, 2.24) is 4.98 Å². The first kappa shape index (κ1) is 18.4. The van der Waals surface area contributed by atoms with Gasteiger partial charge in [-0.25, -0.2) is 4.79 Å². The Bertz CT molecular complexity index is 926. The van der Waals surface area contributed by atoms with Gasteiger partial charge in [0.15, 0.2) is 0 Å². The maximum Gasteiger partial charge on any atom is 0.415 e. The number of methoxy groups -OCH3 is 1. The van der Waals surface area contributed by atoms with Gasteiger partial charge in [0.25, 0.3) is 5.91 Å². The third kappa shape index (κ3) is 4.42. The van der Waals surface area contributed by atoms with Crippen molar-refractivity contribution < 1.29 is 14.3 Å². The molecule has 0 radical (unpaired) electrons. The van der Waals surface area contributed by atoms with E-state index >= 15 is 0 Å². The summed E-state index contributed by atoms with van der Waals surface area (Å²) in [5, 5.41) is 3.46. The number of amides is 2. The van der Waals surface area contributed by atoms with Crippen molar-refractivity contribution in [2.45, 2.75) is 6.54 Å². The van der Waals surface area contributed by atoms with E-state index in [1.807, 2.05) is 0 Å². The molecular weight excluding hydrogens is 364 g/mol. The SMILES string of the molecule is COC(=O)N(Cc1ccc(C(=O)Nc2ccccc2N)cc1)c1cncs1. The highest BCUT2D eigenvalue weighted by Crippen LogP contribution is 2.23. The van der Waals surface area contributed by atoms with E-state index < -0.39 is 6.09 Å². The molecule has 7 nitrogen and oxygen atoms in total. The molecule has 3 N–H and O–H groups in total. The standard InChI is InChI=1S/C19H18N4O3S/c1-26-19(25)23(17-10-21-12-27-17)11-13-6-8-14(9-7-13)18(24)22-16-5-3-2-4-15(16)20/h2-10,12H,11,20H2,1H3,(H,22,24). The summed E-state index contributed by atoms with van der Waals surface area (Å²) in [5.74, 6) is -0.258. The van der Waals surface area contributed by atoms with Gasteiger partial charge in [-0.1, -0.05) is 24.3 Å². The second kappa shape index (κ2) is 8.33.